The highest BCUT2D eigenvalue weighted by atomic mass is 16.5. The summed E-state index contributed by atoms with van der Waals surface area (Å²) >= 11 is 0. The monoisotopic (exact) mass is 262 g/mol. The molecule has 2 rings (SSSR count). The summed E-state index contributed by atoms with van der Waals surface area (Å²) in [6.45, 7) is 3.82. The number of hydrogen-bond acceptors (Lipinski definition) is 4. The number of nitrogens with zero attached hydrogens (tertiary/aromatic N) is 2. The van der Waals surface area contributed by atoms with E-state index in [2.05, 4.69) is 4.98 Å². The van der Waals surface area contributed by atoms with Crippen molar-refractivity contribution < 1.29 is 14.3 Å². The molecule has 102 valence electrons. The van der Waals surface area contributed by atoms with E-state index in [1.165, 1.54) is 7.11 Å². The predicted molar refractivity (Wildman–Crippen MR) is 69.3 cm³/mol. The summed E-state index contributed by atoms with van der Waals surface area (Å²) < 4.78 is 4.77. The first-order valence-electron chi connectivity index (χ1n) is 6.36. The Kier molecular flexibility index (Phi) is 3.83. The molecule has 19 heavy (non-hydrogen) atoms. The summed E-state index contributed by atoms with van der Waals surface area (Å²) in [7, 11) is 1.35. The van der Waals surface area contributed by atoms with Crippen molar-refractivity contribution in [1.82, 2.24) is 9.88 Å². The van der Waals surface area contributed by atoms with Crippen LogP contribution in [0.2, 0.25) is 0 Å². The highest BCUT2D eigenvalue weighted by Gasteiger charge is 2.39. The molecule has 0 spiro atoms. The first-order valence-corrected chi connectivity index (χ1v) is 6.36. The van der Waals surface area contributed by atoms with Gasteiger partial charge in [0, 0.05) is 18.3 Å². The van der Waals surface area contributed by atoms with Crippen molar-refractivity contribution in [2.24, 2.45) is 0 Å². The van der Waals surface area contributed by atoms with Gasteiger partial charge in [-0.25, -0.2) is 4.79 Å². The average molecular weight is 262 g/mol. The zero-order valence-electron chi connectivity index (χ0n) is 11.4. The van der Waals surface area contributed by atoms with Crippen LogP contribution in [0, 0.1) is 6.92 Å². The van der Waals surface area contributed by atoms with Crippen molar-refractivity contribution >= 4 is 11.9 Å². The molecule has 5 heteroatoms. The number of ether oxygens (including phenoxy) is 1. The fraction of sp³-hybridized carbons (Fsp3) is 0.500. The van der Waals surface area contributed by atoms with Gasteiger partial charge in [0.25, 0.3) is 0 Å². The molecule has 0 bridgehead atoms. The molecule has 0 saturated carbocycles. The van der Waals surface area contributed by atoms with Gasteiger partial charge in [-0.3, -0.25) is 9.78 Å². The smallest absolute Gasteiger partial charge is 0.328 e. The third-order valence-corrected chi connectivity index (χ3v) is 3.56. The molecule has 0 aliphatic carbocycles. The average Bonchev–Trinajstić information content (AvgIpc) is 2.80. The van der Waals surface area contributed by atoms with Crippen LogP contribution in [0.5, 0.6) is 0 Å². The Morgan fingerprint density at radius 3 is 2.84 bits per heavy atom. The maximum atomic E-state index is 12.0. The van der Waals surface area contributed by atoms with Gasteiger partial charge in [0.2, 0.25) is 5.91 Å². The number of rotatable bonds is 3. The van der Waals surface area contributed by atoms with Crippen molar-refractivity contribution in [1.29, 1.82) is 0 Å². The van der Waals surface area contributed by atoms with Gasteiger partial charge in [-0.1, -0.05) is 6.07 Å². The normalized spacial score (nSPS) is 20.5. The SMILES string of the molecule is COC(=O)C1CCC(=O)N1C(C)c1ccc(C)nc1. The number of pyridine rings is 1. The van der Waals surface area contributed by atoms with Crippen molar-refractivity contribution in [2.75, 3.05) is 7.11 Å². The number of carbonyl (C=O) groups excluding carboxylic acids is 2. The Hall–Kier alpha value is -1.91. The molecular weight excluding hydrogens is 244 g/mol. The second kappa shape index (κ2) is 5.38. The Morgan fingerprint density at radius 2 is 2.26 bits per heavy atom. The predicted octanol–water partition coefficient (Wildman–Crippen LogP) is 1.62. The molecule has 1 aliphatic rings. The highest BCUT2D eigenvalue weighted by molar-refractivity contribution is 5.88. The van der Waals surface area contributed by atoms with Gasteiger partial charge < -0.3 is 9.64 Å². The first-order chi connectivity index (χ1) is 9.04. The lowest BCUT2D eigenvalue weighted by Gasteiger charge is -2.29. The molecule has 1 aromatic heterocycles. The molecule has 0 radical (unpaired) electrons. The summed E-state index contributed by atoms with van der Waals surface area (Å²) in [5.41, 5.74) is 1.85. The standard InChI is InChI=1S/C14H18N2O3/c1-9-4-5-11(8-15-9)10(2)16-12(14(18)19-3)6-7-13(16)17/h4-5,8,10,12H,6-7H2,1-3H3. The number of amides is 1. The quantitative estimate of drug-likeness (QED) is 0.777. The molecule has 0 aromatic carbocycles. The van der Waals surface area contributed by atoms with E-state index >= 15 is 0 Å². The van der Waals surface area contributed by atoms with Crippen LogP contribution in [-0.2, 0) is 14.3 Å². The third-order valence-electron chi connectivity index (χ3n) is 3.56. The fourth-order valence-corrected chi connectivity index (χ4v) is 2.44. The Morgan fingerprint density at radius 1 is 1.53 bits per heavy atom. The fourth-order valence-electron chi connectivity index (χ4n) is 2.44. The Bertz CT molecular complexity index is 484. The summed E-state index contributed by atoms with van der Waals surface area (Å²) in [4.78, 5) is 29.6. The Balaban J connectivity index is 2.24. The van der Waals surface area contributed by atoms with Crippen LogP contribution in [0.1, 0.15) is 37.1 Å². The molecule has 2 heterocycles. The lowest BCUT2D eigenvalue weighted by Crippen LogP contribution is -2.40. The van der Waals surface area contributed by atoms with E-state index in [1.54, 1.807) is 11.1 Å². The largest absolute Gasteiger partial charge is 0.467 e. The second-order valence-corrected chi connectivity index (χ2v) is 4.79. The van der Waals surface area contributed by atoms with Crippen LogP contribution >= 0.6 is 0 Å². The topological polar surface area (TPSA) is 59.5 Å². The maximum Gasteiger partial charge on any atom is 0.328 e. The molecule has 1 amide bonds. The number of aromatic nitrogens is 1. The Labute approximate surface area is 112 Å². The molecule has 2 unspecified atom stereocenters. The van der Waals surface area contributed by atoms with E-state index in [9.17, 15) is 9.59 Å². The number of hydrogen-bond donors (Lipinski definition) is 0. The second-order valence-electron chi connectivity index (χ2n) is 4.79. The summed E-state index contributed by atoms with van der Waals surface area (Å²) in [5, 5.41) is 0. The van der Waals surface area contributed by atoms with Crippen molar-refractivity contribution in [2.45, 2.75) is 38.8 Å². The third kappa shape index (κ3) is 2.59. The van der Waals surface area contributed by atoms with E-state index in [-0.39, 0.29) is 17.9 Å². The van der Waals surface area contributed by atoms with E-state index in [0.717, 1.165) is 11.3 Å². The van der Waals surface area contributed by atoms with E-state index < -0.39 is 6.04 Å². The molecule has 0 N–H and O–H groups in total. The highest BCUT2D eigenvalue weighted by Crippen LogP contribution is 2.30. The van der Waals surface area contributed by atoms with E-state index in [1.807, 2.05) is 26.0 Å². The zero-order valence-corrected chi connectivity index (χ0v) is 11.4. The number of likely N-dealkylation sites (tertiary alicyclic amines) is 1. The van der Waals surface area contributed by atoms with Crippen molar-refractivity contribution in [3.8, 4) is 0 Å². The van der Waals surface area contributed by atoms with Gasteiger partial charge in [-0.15, -0.1) is 0 Å². The lowest BCUT2D eigenvalue weighted by molar-refractivity contribution is -0.150. The van der Waals surface area contributed by atoms with Gasteiger partial charge in [0.05, 0.1) is 13.2 Å². The minimum Gasteiger partial charge on any atom is -0.467 e. The maximum absolute atomic E-state index is 12.0. The summed E-state index contributed by atoms with van der Waals surface area (Å²) in [6.07, 6.45) is 2.67. The van der Waals surface area contributed by atoms with Gasteiger partial charge in [0.15, 0.2) is 0 Å². The lowest BCUT2D eigenvalue weighted by atomic mass is 10.1. The number of esters is 1. The zero-order chi connectivity index (χ0) is 14.0. The van der Waals surface area contributed by atoms with Crippen LogP contribution < -0.4 is 0 Å². The van der Waals surface area contributed by atoms with Crippen LogP contribution in [0.4, 0.5) is 0 Å². The molecule has 1 saturated heterocycles. The minimum atomic E-state index is -0.478. The van der Waals surface area contributed by atoms with E-state index in [4.69, 9.17) is 4.74 Å². The van der Waals surface area contributed by atoms with E-state index in [0.29, 0.717) is 12.8 Å². The number of carbonyl (C=O) groups is 2. The summed E-state index contributed by atoms with van der Waals surface area (Å²) in [5.74, 6) is -0.360. The molecule has 1 fully saturated rings. The number of methoxy groups -OCH3 is 1. The van der Waals surface area contributed by atoms with Crippen molar-refractivity contribution in [3.05, 3.63) is 29.6 Å². The van der Waals surface area contributed by atoms with Crippen molar-refractivity contribution in [3.63, 3.8) is 0 Å². The number of aryl methyl sites for hydroxylation is 1. The van der Waals surface area contributed by atoms with Gasteiger partial charge in [-0.2, -0.15) is 0 Å². The summed E-state index contributed by atoms with van der Waals surface area (Å²) in [6, 6.07) is 3.19. The molecule has 1 aliphatic heterocycles. The molecule has 5 nitrogen and oxygen atoms in total. The van der Waals surface area contributed by atoms with Crippen LogP contribution in [0.3, 0.4) is 0 Å². The van der Waals surface area contributed by atoms with Gasteiger partial charge >= 0.3 is 5.97 Å². The molecule has 1 aromatic rings. The van der Waals surface area contributed by atoms with Gasteiger partial charge in [-0.05, 0) is 31.9 Å². The minimum absolute atomic E-state index is 0.0107. The van der Waals surface area contributed by atoms with Crippen LogP contribution in [0.15, 0.2) is 18.3 Å². The molecular formula is C14H18N2O3. The molecule has 2 atom stereocenters. The van der Waals surface area contributed by atoms with Crippen LogP contribution in [-0.4, -0.2) is 34.9 Å². The van der Waals surface area contributed by atoms with Gasteiger partial charge in [0.1, 0.15) is 6.04 Å². The van der Waals surface area contributed by atoms with Crippen LogP contribution in [0.25, 0.3) is 0 Å². The first kappa shape index (κ1) is 13.5.